The SMILES string of the molecule is OC(O)(O)C=C1CCCC1. The average Bonchev–Trinajstić information content (AvgIpc) is 2.12. The van der Waals surface area contributed by atoms with E-state index in [4.69, 9.17) is 15.3 Å². The molecule has 0 aromatic heterocycles. The van der Waals surface area contributed by atoms with Crippen molar-refractivity contribution in [1.29, 1.82) is 0 Å². The van der Waals surface area contributed by atoms with E-state index < -0.39 is 5.97 Å². The van der Waals surface area contributed by atoms with Gasteiger partial charge in [-0.1, -0.05) is 5.57 Å². The van der Waals surface area contributed by atoms with E-state index in [0.29, 0.717) is 0 Å². The monoisotopic (exact) mass is 144 g/mol. The number of aliphatic hydroxyl groups is 3. The van der Waals surface area contributed by atoms with Crippen LogP contribution in [0.5, 0.6) is 0 Å². The summed E-state index contributed by atoms with van der Waals surface area (Å²) in [6, 6.07) is 0. The zero-order valence-electron chi connectivity index (χ0n) is 5.75. The summed E-state index contributed by atoms with van der Waals surface area (Å²) >= 11 is 0. The molecule has 0 aromatic carbocycles. The molecule has 10 heavy (non-hydrogen) atoms. The van der Waals surface area contributed by atoms with Crippen LogP contribution in [0.25, 0.3) is 0 Å². The van der Waals surface area contributed by atoms with Crippen LogP contribution in [0.2, 0.25) is 0 Å². The Morgan fingerprint density at radius 3 is 2.00 bits per heavy atom. The van der Waals surface area contributed by atoms with Crippen LogP contribution in [0.1, 0.15) is 25.7 Å². The summed E-state index contributed by atoms with van der Waals surface area (Å²) in [5.74, 6) is -2.60. The fourth-order valence-corrected chi connectivity index (χ4v) is 1.25. The number of rotatable bonds is 1. The standard InChI is InChI=1S/C7H12O3/c8-7(9,10)5-6-3-1-2-4-6/h5,8-10H,1-4H2. The minimum atomic E-state index is -2.60. The van der Waals surface area contributed by atoms with Crippen LogP contribution in [-0.2, 0) is 0 Å². The van der Waals surface area contributed by atoms with E-state index in [1.54, 1.807) is 0 Å². The normalized spacial score (nSPS) is 19.7. The van der Waals surface area contributed by atoms with Crippen molar-refractivity contribution in [3.05, 3.63) is 11.6 Å². The van der Waals surface area contributed by atoms with Gasteiger partial charge < -0.3 is 15.3 Å². The molecule has 1 aliphatic carbocycles. The molecule has 58 valence electrons. The van der Waals surface area contributed by atoms with E-state index >= 15 is 0 Å². The lowest BCUT2D eigenvalue weighted by atomic mass is 10.2. The maximum absolute atomic E-state index is 8.51. The van der Waals surface area contributed by atoms with Crippen molar-refractivity contribution in [2.24, 2.45) is 0 Å². The summed E-state index contributed by atoms with van der Waals surface area (Å²) in [7, 11) is 0. The van der Waals surface area contributed by atoms with Gasteiger partial charge in [0.15, 0.2) is 0 Å². The summed E-state index contributed by atoms with van der Waals surface area (Å²) in [6.07, 6.45) is 5.04. The van der Waals surface area contributed by atoms with Gasteiger partial charge in [0.2, 0.25) is 0 Å². The van der Waals surface area contributed by atoms with Crippen LogP contribution in [0, 0.1) is 0 Å². The predicted molar refractivity (Wildman–Crippen MR) is 35.9 cm³/mol. The molecule has 3 nitrogen and oxygen atoms in total. The molecule has 1 fully saturated rings. The van der Waals surface area contributed by atoms with Gasteiger partial charge in [0.1, 0.15) is 0 Å². The summed E-state index contributed by atoms with van der Waals surface area (Å²) in [4.78, 5) is 0. The second-order valence-corrected chi connectivity index (χ2v) is 2.70. The van der Waals surface area contributed by atoms with E-state index in [1.807, 2.05) is 0 Å². The molecule has 0 spiro atoms. The first-order valence-corrected chi connectivity index (χ1v) is 3.46. The first kappa shape index (κ1) is 7.72. The van der Waals surface area contributed by atoms with E-state index in [9.17, 15) is 0 Å². The van der Waals surface area contributed by atoms with Gasteiger partial charge in [0.05, 0.1) is 0 Å². The Bertz CT molecular complexity index is 135. The number of hydrogen-bond donors (Lipinski definition) is 3. The maximum Gasteiger partial charge on any atom is 0.297 e. The fourth-order valence-electron chi connectivity index (χ4n) is 1.25. The van der Waals surface area contributed by atoms with Gasteiger partial charge >= 0.3 is 0 Å². The van der Waals surface area contributed by atoms with Crippen molar-refractivity contribution in [3.8, 4) is 0 Å². The number of hydrogen-bond acceptors (Lipinski definition) is 3. The lowest BCUT2D eigenvalue weighted by Crippen LogP contribution is -2.23. The van der Waals surface area contributed by atoms with Crippen molar-refractivity contribution in [3.63, 3.8) is 0 Å². The highest BCUT2D eigenvalue weighted by Gasteiger charge is 2.17. The van der Waals surface area contributed by atoms with E-state index in [2.05, 4.69) is 0 Å². The maximum atomic E-state index is 8.51. The van der Waals surface area contributed by atoms with Crippen molar-refractivity contribution in [2.75, 3.05) is 0 Å². The summed E-state index contributed by atoms with van der Waals surface area (Å²) in [6.45, 7) is 0. The van der Waals surface area contributed by atoms with E-state index in [1.165, 1.54) is 0 Å². The molecule has 1 rings (SSSR count). The van der Waals surface area contributed by atoms with E-state index in [0.717, 1.165) is 37.3 Å². The van der Waals surface area contributed by atoms with Crippen molar-refractivity contribution in [2.45, 2.75) is 31.7 Å². The quantitative estimate of drug-likeness (QED) is 0.362. The minimum absolute atomic E-state index is 0.878. The van der Waals surface area contributed by atoms with Gasteiger partial charge in [-0.05, 0) is 25.7 Å². The third kappa shape index (κ3) is 2.47. The molecule has 1 aliphatic rings. The highest BCUT2D eigenvalue weighted by Crippen LogP contribution is 2.24. The van der Waals surface area contributed by atoms with Gasteiger partial charge in [0, 0.05) is 6.08 Å². The Labute approximate surface area is 59.6 Å². The van der Waals surface area contributed by atoms with Crippen molar-refractivity contribution >= 4 is 0 Å². The molecule has 0 aromatic rings. The second-order valence-electron chi connectivity index (χ2n) is 2.70. The zero-order chi connectivity index (χ0) is 7.61. The largest absolute Gasteiger partial charge is 0.340 e. The Morgan fingerprint density at radius 1 is 1.10 bits per heavy atom. The molecular formula is C7H12O3. The molecular weight excluding hydrogens is 132 g/mol. The smallest absolute Gasteiger partial charge is 0.297 e. The van der Waals surface area contributed by atoms with Gasteiger partial charge in [-0.3, -0.25) is 0 Å². The molecule has 0 radical (unpaired) electrons. The lowest BCUT2D eigenvalue weighted by molar-refractivity contribution is -0.273. The van der Waals surface area contributed by atoms with Crippen molar-refractivity contribution in [1.82, 2.24) is 0 Å². The Hall–Kier alpha value is -0.380. The molecule has 0 amide bonds. The molecule has 1 saturated carbocycles. The van der Waals surface area contributed by atoms with Gasteiger partial charge in [0.25, 0.3) is 5.97 Å². The first-order chi connectivity index (χ1) is 4.58. The van der Waals surface area contributed by atoms with Crippen LogP contribution in [0.3, 0.4) is 0 Å². The summed E-state index contributed by atoms with van der Waals surface area (Å²) in [5.41, 5.74) is 0.938. The highest BCUT2D eigenvalue weighted by molar-refractivity contribution is 5.08. The average molecular weight is 144 g/mol. The summed E-state index contributed by atoms with van der Waals surface area (Å²) < 4.78 is 0. The third-order valence-corrected chi connectivity index (χ3v) is 1.64. The molecule has 0 bridgehead atoms. The van der Waals surface area contributed by atoms with Crippen LogP contribution >= 0.6 is 0 Å². The van der Waals surface area contributed by atoms with Gasteiger partial charge in [-0.25, -0.2) is 0 Å². The molecule has 0 aliphatic heterocycles. The molecule has 0 heterocycles. The fraction of sp³-hybridized carbons (Fsp3) is 0.714. The Balaban J connectivity index is 2.53. The topological polar surface area (TPSA) is 60.7 Å². The zero-order valence-corrected chi connectivity index (χ0v) is 5.75. The van der Waals surface area contributed by atoms with Crippen molar-refractivity contribution < 1.29 is 15.3 Å². The first-order valence-electron chi connectivity index (χ1n) is 3.46. The molecule has 0 atom stereocenters. The van der Waals surface area contributed by atoms with Crippen LogP contribution in [0.15, 0.2) is 11.6 Å². The third-order valence-electron chi connectivity index (χ3n) is 1.64. The molecule has 0 saturated heterocycles. The number of allylic oxidation sites excluding steroid dienone is 1. The molecule has 3 N–H and O–H groups in total. The lowest BCUT2D eigenvalue weighted by Gasteiger charge is -2.08. The Morgan fingerprint density at radius 2 is 1.60 bits per heavy atom. The Kier molecular flexibility index (Phi) is 2.08. The van der Waals surface area contributed by atoms with Crippen LogP contribution in [0.4, 0.5) is 0 Å². The molecule has 0 unspecified atom stereocenters. The van der Waals surface area contributed by atoms with E-state index in [-0.39, 0.29) is 0 Å². The van der Waals surface area contributed by atoms with Crippen LogP contribution < -0.4 is 0 Å². The highest BCUT2D eigenvalue weighted by atomic mass is 16.7. The predicted octanol–water partition coefficient (Wildman–Crippen LogP) is 0.118. The molecule has 3 heteroatoms. The minimum Gasteiger partial charge on any atom is -0.340 e. The second kappa shape index (κ2) is 2.70. The van der Waals surface area contributed by atoms with Gasteiger partial charge in [-0.2, -0.15) is 0 Å². The van der Waals surface area contributed by atoms with Crippen LogP contribution in [-0.4, -0.2) is 21.3 Å². The van der Waals surface area contributed by atoms with Gasteiger partial charge in [-0.15, -0.1) is 0 Å². The summed E-state index contributed by atoms with van der Waals surface area (Å²) in [5, 5.41) is 25.5.